The Morgan fingerprint density at radius 2 is 2.05 bits per heavy atom. The minimum atomic E-state index is -0.326. The van der Waals surface area contributed by atoms with Gasteiger partial charge in [-0.05, 0) is 38.4 Å². The fourth-order valence-electron chi connectivity index (χ4n) is 3.63. The number of ether oxygens (including phenoxy) is 1. The van der Waals surface area contributed by atoms with Crippen LogP contribution in [0.15, 0.2) is 12.1 Å². The number of hydrogen-bond acceptors (Lipinski definition) is 3. The highest BCUT2D eigenvalue weighted by molar-refractivity contribution is 6.31. The molecule has 2 fully saturated rings. The SMILES string of the molecule is COc1ccc(Cl)c(CN2CC[C@H]3CC[C@@H](C2)N3C)c1F. The van der Waals surface area contributed by atoms with Crippen LogP contribution in [0, 0.1) is 5.82 Å². The van der Waals surface area contributed by atoms with Gasteiger partial charge in [-0.25, -0.2) is 4.39 Å². The molecule has 116 valence electrons. The van der Waals surface area contributed by atoms with Crippen LogP contribution >= 0.6 is 11.6 Å². The first-order chi connectivity index (χ1) is 10.1. The largest absolute Gasteiger partial charge is 0.494 e. The van der Waals surface area contributed by atoms with Crippen molar-refractivity contribution in [1.29, 1.82) is 0 Å². The Balaban J connectivity index is 1.78. The van der Waals surface area contributed by atoms with Crippen molar-refractivity contribution < 1.29 is 9.13 Å². The average Bonchev–Trinajstić information content (AvgIpc) is 2.71. The first-order valence-electron chi connectivity index (χ1n) is 7.55. The van der Waals surface area contributed by atoms with E-state index in [0.717, 1.165) is 19.5 Å². The minimum absolute atomic E-state index is 0.267. The van der Waals surface area contributed by atoms with E-state index in [1.807, 2.05) is 0 Å². The summed E-state index contributed by atoms with van der Waals surface area (Å²) in [5.74, 6) is -0.0596. The molecule has 0 aromatic heterocycles. The van der Waals surface area contributed by atoms with Gasteiger partial charge in [-0.2, -0.15) is 0 Å². The van der Waals surface area contributed by atoms with Crippen LogP contribution in [0.2, 0.25) is 5.02 Å². The van der Waals surface area contributed by atoms with Gasteiger partial charge in [0.1, 0.15) is 0 Å². The van der Waals surface area contributed by atoms with Gasteiger partial charge in [-0.15, -0.1) is 0 Å². The summed E-state index contributed by atoms with van der Waals surface area (Å²) >= 11 is 6.19. The third-order valence-corrected chi connectivity index (χ3v) is 5.34. The molecule has 0 spiro atoms. The Labute approximate surface area is 130 Å². The van der Waals surface area contributed by atoms with Gasteiger partial charge in [-0.3, -0.25) is 9.80 Å². The van der Waals surface area contributed by atoms with Crippen LogP contribution in [0.4, 0.5) is 4.39 Å². The number of hydrogen-bond donors (Lipinski definition) is 0. The number of likely N-dealkylation sites (tertiary alicyclic amines) is 1. The predicted octanol–water partition coefficient (Wildman–Crippen LogP) is 3.16. The maximum absolute atomic E-state index is 14.4. The molecule has 2 aliphatic heterocycles. The third-order valence-electron chi connectivity index (χ3n) is 4.98. The molecule has 0 N–H and O–H groups in total. The molecular formula is C16H22ClFN2O. The zero-order valence-corrected chi connectivity index (χ0v) is 13.4. The lowest BCUT2D eigenvalue weighted by atomic mass is 10.1. The van der Waals surface area contributed by atoms with E-state index in [1.165, 1.54) is 20.0 Å². The van der Waals surface area contributed by atoms with Crippen molar-refractivity contribution in [2.24, 2.45) is 0 Å². The average molecular weight is 313 g/mol. The summed E-state index contributed by atoms with van der Waals surface area (Å²) in [7, 11) is 3.70. The van der Waals surface area contributed by atoms with E-state index < -0.39 is 0 Å². The van der Waals surface area contributed by atoms with E-state index in [1.54, 1.807) is 12.1 Å². The third kappa shape index (κ3) is 2.89. The summed E-state index contributed by atoms with van der Waals surface area (Å²) in [6, 6.07) is 4.57. The second-order valence-corrected chi connectivity index (χ2v) is 6.52. The zero-order chi connectivity index (χ0) is 15.0. The lowest BCUT2D eigenvalue weighted by Crippen LogP contribution is -2.36. The standard InChI is InChI=1S/C16H22ClFN2O/c1-19-11-3-4-12(19)9-20(8-7-11)10-13-14(17)5-6-15(21-2)16(13)18/h5-6,11-12H,3-4,7-10H2,1-2H3/t11-,12+/m1/s1. The maximum Gasteiger partial charge on any atom is 0.171 e. The van der Waals surface area contributed by atoms with Gasteiger partial charge in [0.15, 0.2) is 11.6 Å². The summed E-state index contributed by atoms with van der Waals surface area (Å²) in [4.78, 5) is 4.81. The topological polar surface area (TPSA) is 15.7 Å². The summed E-state index contributed by atoms with van der Waals surface area (Å²) in [5, 5.41) is 0.482. The highest BCUT2D eigenvalue weighted by Crippen LogP contribution is 2.32. The molecule has 2 heterocycles. The van der Waals surface area contributed by atoms with Crippen molar-refractivity contribution in [3.05, 3.63) is 28.5 Å². The fraction of sp³-hybridized carbons (Fsp3) is 0.625. The normalized spacial score (nSPS) is 26.9. The number of fused-ring (bicyclic) bond motifs is 2. The molecule has 3 rings (SSSR count). The van der Waals surface area contributed by atoms with E-state index >= 15 is 0 Å². The molecule has 0 amide bonds. The molecule has 3 nitrogen and oxygen atoms in total. The summed E-state index contributed by atoms with van der Waals surface area (Å²) < 4.78 is 19.5. The Hall–Kier alpha value is -0.840. The van der Waals surface area contributed by atoms with E-state index in [9.17, 15) is 4.39 Å². The molecule has 21 heavy (non-hydrogen) atoms. The van der Waals surface area contributed by atoms with Crippen molar-refractivity contribution in [2.75, 3.05) is 27.2 Å². The van der Waals surface area contributed by atoms with Crippen molar-refractivity contribution in [3.63, 3.8) is 0 Å². The van der Waals surface area contributed by atoms with Gasteiger partial charge >= 0.3 is 0 Å². The molecule has 0 saturated carbocycles. The van der Waals surface area contributed by atoms with Crippen LogP contribution in [-0.4, -0.2) is 49.1 Å². The highest BCUT2D eigenvalue weighted by atomic mass is 35.5. The summed E-state index contributed by atoms with van der Waals surface area (Å²) in [5.41, 5.74) is 0.552. The monoisotopic (exact) mass is 312 g/mol. The number of rotatable bonds is 3. The van der Waals surface area contributed by atoms with Gasteiger partial charge < -0.3 is 4.74 Å². The molecule has 2 atom stereocenters. The first-order valence-corrected chi connectivity index (χ1v) is 7.93. The van der Waals surface area contributed by atoms with Crippen LogP contribution < -0.4 is 4.74 Å². The number of benzene rings is 1. The molecule has 2 bridgehead atoms. The van der Waals surface area contributed by atoms with Crippen LogP contribution in [0.3, 0.4) is 0 Å². The number of halogens is 2. The summed E-state index contributed by atoms with van der Waals surface area (Å²) in [6.07, 6.45) is 3.69. The summed E-state index contributed by atoms with van der Waals surface area (Å²) in [6.45, 7) is 2.54. The lowest BCUT2D eigenvalue weighted by molar-refractivity contribution is 0.213. The van der Waals surface area contributed by atoms with Crippen LogP contribution in [0.5, 0.6) is 5.75 Å². The second-order valence-electron chi connectivity index (χ2n) is 6.12. The molecule has 0 unspecified atom stereocenters. The molecule has 2 aliphatic rings. The Morgan fingerprint density at radius 3 is 2.81 bits per heavy atom. The second kappa shape index (κ2) is 6.11. The molecule has 1 aromatic carbocycles. The molecule has 1 aromatic rings. The number of nitrogens with zero attached hydrogens (tertiary/aromatic N) is 2. The van der Waals surface area contributed by atoms with E-state index in [4.69, 9.17) is 16.3 Å². The Bertz CT molecular complexity index is 525. The van der Waals surface area contributed by atoms with E-state index in [-0.39, 0.29) is 11.6 Å². The van der Waals surface area contributed by atoms with Gasteiger partial charge in [0, 0.05) is 42.3 Å². The number of likely N-dealkylation sites (N-methyl/N-ethyl adjacent to an activating group) is 1. The van der Waals surface area contributed by atoms with Gasteiger partial charge in [0.05, 0.1) is 7.11 Å². The smallest absolute Gasteiger partial charge is 0.171 e. The van der Waals surface area contributed by atoms with Crippen molar-refractivity contribution in [3.8, 4) is 5.75 Å². The Kier molecular flexibility index (Phi) is 4.38. The Morgan fingerprint density at radius 1 is 1.29 bits per heavy atom. The highest BCUT2D eigenvalue weighted by Gasteiger charge is 2.34. The maximum atomic E-state index is 14.4. The van der Waals surface area contributed by atoms with E-state index in [2.05, 4.69) is 16.8 Å². The molecular weight excluding hydrogens is 291 g/mol. The molecule has 0 radical (unpaired) electrons. The van der Waals surface area contributed by atoms with Crippen LogP contribution in [0.1, 0.15) is 24.8 Å². The minimum Gasteiger partial charge on any atom is -0.494 e. The van der Waals surface area contributed by atoms with Crippen LogP contribution in [-0.2, 0) is 6.54 Å². The van der Waals surface area contributed by atoms with Crippen molar-refractivity contribution >= 4 is 11.6 Å². The quantitative estimate of drug-likeness (QED) is 0.852. The van der Waals surface area contributed by atoms with Gasteiger partial charge in [0.25, 0.3) is 0 Å². The lowest BCUT2D eigenvalue weighted by Gasteiger charge is -2.26. The zero-order valence-electron chi connectivity index (χ0n) is 12.6. The van der Waals surface area contributed by atoms with Gasteiger partial charge in [-0.1, -0.05) is 11.6 Å². The van der Waals surface area contributed by atoms with E-state index in [0.29, 0.717) is 29.2 Å². The molecule has 0 aliphatic carbocycles. The van der Waals surface area contributed by atoms with Crippen molar-refractivity contribution in [2.45, 2.75) is 37.9 Å². The number of methoxy groups -OCH3 is 1. The predicted molar refractivity (Wildman–Crippen MR) is 82.4 cm³/mol. The van der Waals surface area contributed by atoms with Crippen LogP contribution in [0.25, 0.3) is 0 Å². The first kappa shape index (κ1) is 15.1. The fourth-order valence-corrected chi connectivity index (χ4v) is 3.83. The van der Waals surface area contributed by atoms with Gasteiger partial charge in [0.2, 0.25) is 0 Å². The molecule has 5 heteroatoms. The van der Waals surface area contributed by atoms with Crippen molar-refractivity contribution in [1.82, 2.24) is 9.80 Å². The molecule has 2 saturated heterocycles.